The summed E-state index contributed by atoms with van der Waals surface area (Å²) in [6.07, 6.45) is 3.31. The summed E-state index contributed by atoms with van der Waals surface area (Å²) in [6.45, 7) is 4.36. The molecule has 1 heterocycles. The van der Waals surface area contributed by atoms with Gasteiger partial charge in [-0.05, 0) is 18.3 Å². The maximum atomic E-state index is 12.1. The van der Waals surface area contributed by atoms with Crippen molar-refractivity contribution in [1.29, 1.82) is 0 Å². The fraction of sp³-hybridized carbons (Fsp3) is 0.786. The minimum atomic E-state index is -0.637. The van der Waals surface area contributed by atoms with Crippen molar-refractivity contribution in [2.45, 2.75) is 52.3 Å². The Morgan fingerprint density at radius 1 is 1.48 bits per heavy atom. The molecule has 3 unspecified atom stereocenters. The number of hydrogen-bond donors (Lipinski definition) is 1. The molecule has 1 aliphatic rings. The van der Waals surface area contributed by atoms with E-state index >= 15 is 0 Å². The second-order valence-electron chi connectivity index (χ2n) is 5.79. The van der Waals surface area contributed by atoms with E-state index in [2.05, 4.69) is 24.3 Å². The van der Waals surface area contributed by atoms with Gasteiger partial charge in [-0.15, -0.1) is 5.10 Å². The lowest BCUT2D eigenvalue weighted by atomic mass is 9.78. The van der Waals surface area contributed by atoms with Gasteiger partial charge < -0.3 is 14.5 Å². The van der Waals surface area contributed by atoms with Crippen LogP contribution < -0.4 is 11.1 Å². The standard InChI is InChI=1S/C14H23N3O4/c1-9-5-4-6-11(10(9)2)15-12(18)7-17-14(19)21-13(16-17)8-20-3/h9-11H,4-8H2,1-3H3,(H,15,18). The molecule has 1 aromatic rings. The quantitative estimate of drug-likeness (QED) is 0.873. The molecule has 0 aliphatic heterocycles. The number of nitrogens with zero attached hydrogens (tertiary/aromatic N) is 2. The van der Waals surface area contributed by atoms with Crippen LogP contribution in [0.25, 0.3) is 0 Å². The molecule has 7 heteroatoms. The van der Waals surface area contributed by atoms with Crippen LogP contribution in [0.5, 0.6) is 0 Å². The fourth-order valence-electron chi connectivity index (χ4n) is 2.81. The van der Waals surface area contributed by atoms with Gasteiger partial charge in [-0.1, -0.05) is 26.7 Å². The molecule has 1 N–H and O–H groups in total. The zero-order valence-electron chi connectivity index (χ0n) is 12.8. The summed E-state index contributed by atoms with van der Waals surface area (Å²) in [5, 5.41) is 6.92. The lowest BCUT2D eigenvalue weighted by molar-refractivity contribution is -0.123. The summed E-state index contributed by atoms with van der Waals surface area (Å²) in [4.78, 5) is 23.6. The molecule has 1 aromatic heterocycles. The first-order valence-electron chi connectivity index (χ1n) is 7.36. The fourth-order valence-corrected chi connectivity index (χ4v) is 2.81. The predicted octanol–water partition coefficient (Wildman–Crippen LogP) is 0.924. The molecule has 1 amide bonds. The number of aromatic nitrogens is 2. The average Bonchev–Trinajstić information content (AvgIpc) is 2.76. The van der Waals surface area contributed by atoms with E-state index in [4.69, 9.17) is 9.15 Å². The van der Waals surface area contributed by atoms with Gasteiger partial charge in [-0.3, -0.25) is 4.79 Å². The van der Waals surface area contributed by atoms with Crippen LogP contribution in [0.15, 0.2) is 9.21 Å². The Morgan fingerprint density at radius 3 is 2.95 bits per heavy atom. The van der Waals surface area contributed by atoms with Crippen LogP contribution in [-0.4, -0.2) is 28.8 Å². The van der Waals surface area contributed by atoms with Gasteiger partial charge >= 0.3 is 5.76 Å². The third-order valence-corrected chi connectivity index (χ3v) is 4.26. The maximum Gasteiger partial charge on any atom is 0.437 e. The van der Waals surface area contributed by atoms with E-state index in [1.54, 1.807) is 0 Å². The second kappa shape index (κ2) is 6.89. The van der Waals surface area contributed by atoms with Crippen LogP contribution in [0.1, 0.15) is 39.0 Å². The highest BCUT2D eigenvalue weighted by atomic mass is 16.5. The third-order valence-electron chi connectivity index (χ3n) is 4.26. The first-order valence-corrected chi connectivity index (χ1v) is 7.36. The third kappa shape index (κ3) is 3.93. The Hall–Kier alpha value is -1.63. The molecule has 0 aromatic carbocycles. The molecule has 118 valence electrons. The summed E-state index contributed by atoms with van der Waals surface area (Å²) < 4.78 is 10.7. The van der Waals surface area contributed by atoms with Gasteiger partial charge in [0.25, 0.3) is 0 Å². The van der Waals surface area contributed by atoms with E-state index in [1.807, 2.05) is 0 Å². The van der Waals surface area contributed by atoms with Crippen molar-refractivity contribution in [3.8, 4) is 0 Å². The smallest absolute Gasteiger partial charge is 0.390 e. The number of ether oxygens (including phenoxy) is 1. The first-order chi connectivity index (χ1) is 10.0. The van der Waals surface area contributed by atoms with E-state index in [-0.39, 0.29) is 31.0 Å². The Labute approximate surface area is 123 Å². The van der Waals surface area contributed by atoms with Crippen LogP contribution in [0.3, 0.4) is 0 Å². The van der Waals surface area contributed by atoms with E-state index in [0.29, 0.717) is 11.8 Å². The van der Waals surface area contributed by atoms with Crippen molar-refractivity contribution in [1.82, 2.24) is 15.1 Å². The predicted molar refractivity (Wildman–Crippen MR) is 75.6 cm³/mol. The second-order valence-corrected chi connectivity index (χ2v) is 5.79. The minimum Gasteiger partial charge on any atom is -0.390 e. The molecule has 1 aliphatic carbocycles. The van der Waals surface area contributed by atoms with Gasteiger partial charge in [0.1, 0.15) is 13.2 Å². The van der Waals surface area contributed by atoms with Gasteiger partial charge in [0.2, 0.25) is 11.8 Å². The number of carbonyl (C=O) groups is 1. The molecule has 21 heavy (non-hydrogen) atoms. The molecule has 1 fully saturated rings. The monoisotopic (exact) mass is 297 g/mol. The van der Waals surface area contributed by atoms with Gasteiger partial charge in [0, 0.05) is 13.2 Å². The number of amides is 1. The van der Waals surface area contributed by atoms with Crippen molar-refractivity contribution in [3.63, 3.8) is 0 Å². The van der Waals surface area contributed by atoms with Crippen molar-refractivity contribution >= 4 is 5.91 Å². The molecule has 0 spiro atoms. The van der Waals surface area contributed by atoms with Crippen molar-refractivity contribution in [3.05, 3.63) is 16.4 Å². The topological polar surface area (TPSA) is 86.4 Å². The molecule has 0 bridgehead atoms. The molecule has 1 saturated carbocycles. The summed E-state index contributed by atoms with van der Waals surface area (Å²) >= 11 is 0. The Bertz CT molecular complexity index is 537. The lowest BCUT2D eigenvalue weighted by Crippen LogP contribution is -2.45. The lowest BCUT2D eigenvalue weighted by Gasteiger charge is -2.34. The van der Waals surface area contributed by atoms with Crippen LogP contribution in [-0.2, 0) is 22.7 Å². The number of carbonyl (C=O) groups excluding carboxylic acids is 1. The molecule has 7 nitrogen and oxygen atoms in total. The van der Waals surface area contributed by atoms with E-state index < -0.39 is 5.76 Å². The molecular formula is C14H23N3O4. The normalized spacial score (nSPS) is 25.8. The summed E-state index contributed by atoms with van der Waals surface area (Å²) in [5.74, 6) is 0.380. The Balaban J connectivity index is 1.94. The van der Waals surface area contributed by atoms with E-state index in [9.17, 15) is 9.59 Å². The highest BCUT2D eigenvalue weighted by Crippen LogP contribution is 2.29. The zero-order chi connectivity index (χ0) is 15.4. The zero-order valence-corrected chi connectivity index (χ0v) is 12.8. The van der Waals surface area contributed by atoms with Gasteiger partial charge in [-0.2, -0.15) is 4.68 Å². The van der Waals surface area contributed by atoms with Crippen LogP contribution in [0.4, 0.5) is 0 Å². The van der Waals surface area contributed by atoms with E-state index in [1.165, 1.54) is 13.5 Å². The van der Waals surface area contributed by atoms with Crippen LogP contribution in [0, 0.1) is 11.8 Å². The summed E-state index contributed by atoms with van der Waals surface area (Å²) in [7, 11) is 1.48. The minimum absolute atomic E-state index is 0.112. The number of rotatable bonds is 5. The highest BCUT2D eigenvalue weighted by Gasteiger charge is 2.28. The maximum absolute atomic E-state index is 12.1. The van der Waals surface area contributed by atoms with Gasteiger partial charge in [0.05, 0.1) is 0 Å². The van der Waals surface area contributed by atoms with Crippen molar-refractivity contribution in [2.24, 2.45) is 11.8 Å². The summed E-state index contributed by atoms with van der Waals surface area (Å²) in [6, 6.07) is 0.169. The van der Waals surface area contributed by atoms with Gasteiger partial charge in [0.15, 0.2) is 0 Å². The molecule has 2 rings (SSSR count). The van der Waals surface area contributed by atoms with Gasteiger partial charge in [-0.25, -0.2) is 4.79 Å². The molecule has 0 radical (unpaired) electrons. The number of hydrogen-bond acceptors (Lipinski definition) is 5. The summed E-state index contributed by atoms with van der Waals surface area (Å²) in [5.41, 5.74) is 0. The van der Waals surface area contributed by atoms with Crippen molar-refractivity contribution < 1.29 is 13.9 Å². The largest absolute Gasteiger partial charge is 0.437 e. The molecule has 0 saturated heterocycles. The molecular weight excluding hydrogens is 274 g/mol. The SMILES string of the molecule is COCc1nn(CC(=O)NC2CCCC(C)C2C)c(=O)o1. The van der Waals surface area contributed by atoms with Crippen LogP contribution in [0.2, 0.25) is 0 Å². The van der Waals surface area contributed by atoms with Crippen LogP contribution >= 0.6 is 0 Å². The number of nitrogens with one attached hydrogen (secondary N) is 1. The van der Waals surface area contributed by atoms with E-state index in [0.717, 1.165) is 17.5 Å². The number of methoxy groups -OCH3 is 1. The van der Waals surface area contributed by atoms with Crippen molar-refractivity contribution in [2.75, 3.05) is 7.11 Å². The Kier molecular flexibility index (Phi) is 5.17. The highest BCUT2D eigenvalue weighted by molar-refractivity contribution is 5.75. The average molecular weight is 297 g/mol. The first kappa shape index (κ1) is 15.8. The Morgan fingerprint density at radius 2 is 2.24 bits per heavy atom. The molecule has 3 atom stereocenters.